The maximum atomic E-state index is 13.5. The first-order chi connectivity index (χ1) is 9.08. The van der Waals surface area contributed by atoms with Gasteiger partial charge in [-0.2, -0.15) is 0 Å². The van der Waals surface area contributed by atoms with Gasteiger partial charge in [-0.05, 0) is 43.1 Å². The molecule has 0 saturated carbocycles. The zero-order chi connectivity index (χ0) is 13.8. The van der Waals surface area contributed by atoms with Gasteiger partial charge in [0.15, 0.2) is 0 Å². The van der Waals surface area contributed by atoms with Gasteiger partial charge in [-0.15, -0.1) is 0 Å². The molecule has 1 aromatic carbocycles. The first-order valence-corrected chi connectivity index (χ1v) is 6.83. The maximum absolute atomic E-state index is 13.5. The van der Waals surface area contributed by atoms with E-state index in [-0.39, 0.29) is 16.9 Å². The van der Waals surface area contributed by atoms with E-state index in [2.05, 4.69) is 4.90 Å². The Morgan fingerprint density at radius 2 is 2.32 bits per heavy atom. The third-order valence-corrected chi connectivity index (χ3v) is 3.68. The van der Waals surface area contributed by atoms with E-state index in [1.165, 1.54) is 12.1 Å². The quantitative estimate of drug-likeness (QED) is 0.858. The fourth-order valence-electron chi connectivity index (χ4n) is 2.49. The molecule has 3 nitrogen and oxygen atoms in total. The lowest BCUT2D eigenvalue weighted by Gasteiger charge is -2.31. The molecular weight excluding hydrogens is 263 g/mol. The van der Waals surface area contributed by atoms with E-state index < -0.39 is 0 Å². The molecule has 0 aromatic heterocycles. The highest BCUT2D eigenvalue weighted by atomic mass is 32.1. The molecule has 0 amide bonds. The molecule has 1 saturated heterocycles. The van der Waals surface area contributed by atoms with Crippen LogP contribution in [0.5, 0.6) is 0 Å². The zero-order valence-electron chi connectivity index (χ0n) is 11.1. The molecule has 1 unspecified atom stereocenters. The predicted octanol–water partition coefficient (Wildman–Crippen LogP) is 2.07. The molecule has 0 radical (unpaired) electrons. The van der Waals surface area contributed by atoms with Crippen LogP contribution in [0, 0.1) is 5.82 Å². The SMILES string of the molecule is COC1CCCN(Cc2cc(F)cc(C(N)=S)c2)C1. The molecule has 104 valence electrons. The summed E-state index contributed by atoms with van der Waals surface area (Å²) in [6, 6.07) is 4.78. The van der Waals surface area contributed by atoms with Gasteiger partial charge in [-0.25, -0.2) is 4.39 Å². The zero-order valence-corrected chi connectivity index (χ0v) is 11.9. The summed E-state index contributed by atoms with van der Waals surface area (Å²) in [4.78, 5) is 2.50. The van der Waals surface area contributed by atoms with Crippen molar-refractivity contribution in [1.29, 1.82) is 0 Å². The van der Waals surface area contributed by atoms with Gasteiger partial charge in [0, 0.05) is 25.8 Å². The van der Waals surface area contributed by atoms with Crippen LogP contribution < -0.4 is 5.73 Å². The number of nitrogens with two attached hydrogens (primary N) is 1. The molecule has 1 aliphatic heterocycles. The van der Waals surface area contributed by atoms with E-state index in [1.54, 1.807) is 7.11 Å². The van der Waals surface area contributed by atoms with Gasteiger partial charge in [0.05, 0.1) is 6.10 Å². The van der Waals surface area contributed by atoms with Crippen molar-refractivity contribution in [3.8, 4) is 0 Å². The average molecular weight is 282 g/mol. The number of hydrogen-bond donors (Lipinski definition) is 1. The number of likely N-dealkylation sites (tertiary alicyclic amines) is 1. The fourth-order valence-corrected chi connectivity index (χ4v) is 2.61. The van der Waals surface area contributed by atoms with Crippen molar-refractivity contribution in [3.05, 3.63) is 35.1 Å². The molecule has 5 heteroatoms. The number of methoxy groups -OCH3 is 1. The smallest absolute Gasteiger partial charge is 0.124 e. The minimum Gasteiger partial charge on any atom is -0.389 e. The first-order valence-electron chi connectivity index (χ1n) is 6.43. The number of ether oxygens (including phenoxy) is 1. The molecule has 1 aromatic rings. The first kappa shape index (κ1) is 14.4. The molecule has 0 bridgehead atoms. The Bertz CT molecular complexity index is 467. The Morgan fingerprint density at radius 1 is 1.53 bits per heavy atom. The molecule has 2 N–H and O–H groups in total. The molecule has 2 rings (SSSR count). The van der Waals surface area contributed by atoms with Gasteiger partial charge in [0.2, 0.25) is 0 Å². The standard InChI is InChI=1S/C14H19FN2OS/c1-18-13-3-2-4-17(9-13)8-10-5-11(14(16)19)7-12(15)6-10/h5-7,13H,2-4,8-9H2,1H3,(H2,16,19). The molecular formula is C14H19FN2OS. The predicted molar refractivity (Wildman–Crippen MR) is 77.6 cm³/mol. The number of rotatable bonds is 4. The topological polar surface area (TPSA) is 38.5 Å². The molecule has 0 spiro atoms. The highest BCUT2D eigenvalue weighted by molar-refractivity contribution is 7.80. The van der Waals surface area contributed by atoms with E-state index in [0.29, 0.717) is 12.1 Å². The number of thiocarbonyl (C=S) groups is 1. The summed E-state index contributed by atoms with van der Waals surface area (Å²) in [5.41, 5.74) is 7.05. The van der Waals surface area contributed by atoms with Crippen LogP contribution in [-0.2, 0) is 11.3 Å². The number of benzene rings is 1. The highest BCUT2D eigenvalue weighted by Gasteiger charge is 2.19. The van der Waals surface area contributed by atoms with E-state index >= 15 is 0 Å². The Balaban J connectivity index is 2.08. The van der Waals surface area contributed by atoms with Crippen molar-refractivity contribution >= 4 is 17.2 Å². The number of halogens is 1. The number of hydrogen-bond acceptors (Lipinski definition) is 3. The van der Waals surface area contributed by atoms with E-state index in [0.717, 1.165) is 31.5 Å². The summed E-state index contributed by atoms with van der Waals surface area (Å²) in [5, 5.41) is 0. The number of nitrogens with zero attached hydrogens (tertiary/aromatic N) is 1. The Kier molecular flexibility index (Phi) is 4.85. The monoisotopic (exact) mass is 282 g/mol. The summed E-state index contributed by atoms with van der Waals surface area (Å²) < 4.78 is 18.9. The van der Waals surface area contributed by atoms with Gasteiger partial charge < -0.3 is 10.5 Å². The molecule has 1 aliphatic rings. The minimum atomic E-state index is -0.291. The van der Waals surface area contributed by atoms with E-state index in [4.69, 9.17) is 22.7 Å². The van der Waals surface area contributed by atoms with Crippen molar-refractivity contribution in [2.75, 3.05) is 20.2 Å². The van der Waals surface area contributed by atoms with Crippen molar-refractivity contribution < 1.29 is 9.13 Å². The van der Waals surface area contributed by atoms with Crippen molar-refractivity contribution in [2.45, 2.75) is 25.5 Å². The van der Waals surface area contributed by atoms with Gasteiger partial charge in [-0.1, -0.05) is 12.2 Å². The second-order valence-electron chi connectivity index (χ2n) is 4.95. The van der Waals surface area contributed by atoms with Crippen LogP contribution in [0.3, 0.4) is 0 Å². The van der Waals surface area contributed by atoms with E-state index in [9.17, 15) is 4.39 Å². The van der Waals surface area contributed by atoms with Crippen LogP contribution >= 0.6 is 12.2 Å². The summed E-state index contributed by atoms with van der Waals surface area (Å²) in [6.45, 7) is 2.60. The van der Waals surface area contributed by atoms with Crippen LogP contribution in [0.1, 0.15) is 24.0 Å². The lowest BCUT2D eigenvalue weighted by atomic mass is 10.1. The van der Waals surface area contributed by atoms with E-state index in [1.807, 2.05) is 6.07 Å². The summed E-state index contributed by atoms with van der Waals surface area (Å²) in [5.74, 6) is -0.291. The second kappa shape index (κ2) is 6.41. The van der Waals surface area contributed by atoms with Gasteiger partial charge in [0.1, 0.15) is 10.8 Å². The Labute approximate surface area is 118 Å². The minimum absolute atomic E-state index is 0.231. The largest absolute Gasteiger partial charge is 0.389 e. The third-order valence-electron chi connectivity index (χ3n) is 3.44. The fraction of sp³-hybridized carbons (Fsp3) is 0.500. The van der Waals surface area contributed by atoms with Gasteiger partial charge >= 0.3 is 0 Å². The molecule has 1 atom stereocenters. The average Bonchev–Trinajstić information content (AvgIpc) is 2.38. The summed E-state index contributed by atoms with van der Waals surface area (Å²) >= 11 is 4.90. The summed E-state index contributed by atoms with van der Waals surface area (Å²) in [7, 11) is 1.74. The van der Waals surface area contributed by atoms with Crippen LogP contribution in [0.25, 0.3) is 0 Å². The second-order valence-corrected chi connectivity index (χ2v) is 5.39. The molecule has 1 heterocycles. The Morgan fingerprint density at radius 3 is 3.00 bits per heavy atom. The van der Waals surface area contributed by atoms with Crippen LogP contribution in [0.4, 0.5) is 4.39 Å². The molecule has 0 aliphatic carbocycles. The maximum Gasteiger partial charge on any atom is 0.124 e. The third kappa shape index (κ3) is 3.96. The van der Waals surface area contributed by atoms with Crippen molar-refractivity contribution in [1.82, 2.24) is 4.90 Å². The van der Waals surface area contributed by atoms with Gasteiger partial charge in [-0.3, -0.25) is 4.90 Å². The lowest BCUT2D eigenvalue weighted by Crippen LogP contribution is -2.38. The molecule has 1 fully saturated rings. The van der Waals surface area contributed by atoms with Crippen molar-refractivity contribution in [2.24, 2.45) is 5.73 Å². The number of piperidine rings is 1. The van der Waals surface area contributed by atoms with Gasteiger partial charge in [0.25, 0.3) is 0 Å². The summed E-state index contributed by atoms with van der Waals surface area (Å²) in [6.07, 6.45) is 2.47. The van der Waals surface area contributed by atoms with Crippen LogP contribution in [0.2, 0.25) is 0 Å². The van der Waals surface area contributed by atoms with Crippen molar-refractivity contribution in [3.63, 3.8) is 0 Å². The molecule has 19 heavy (non-hydrogen) atoms. The highest BCUT2D eigenvalue weighted by Crippen LogP contribution is 2.17. The van der Waals surface area contributed by atoms with Crippen LogP contribution in [-0.4, -0.2) is 36.2 Å². The normalized spacial score (nSPS) is 20.4. The lowest BCUT2D eigenvalue weighted by molar-refractivity contribution is 0.0285. The Hall–Kier alpha value is -1.04. The van der Waals surface area contributed by atoms with Crippen LogP contribution in [0.15, 0.2) is 18.2 Å².